The molecule has 2 N–H and O–H groups in total. The number of anilines is 3. The van der Waals surface area contributed by atoms with Crippen LogP contribution < -0.4 is 20.1 Å². The summed E-state index contributed by atoms with van der Waals surface area (Å²) in [5.41, 5.74) is 2.97. The standard InChI is InChI=1S/C22H24N4O3/c1-14(2)15-5-7-17(8-6-15)25-21(27)16-12-23-22(24-13-16)26-19-11-18(28-3)9-10-20(19)29-4/h5-14H,1-4H3,(H,25,27)(H,23,24,26). The van der Waals surface area contributed by atoms with Gasteiger partial charge in [0, 0.05) is 24.1 Å². The van der Waals surface area contributed by atoms with Crippen molar-refractivity contribution in [1.82, 2.24) is 9.97 Å². The van der Waals surface area contributed by atoms with E-state index in [1.165, 1.54) is 18.0 Å². The average Bonchev–Trinajstić information content (AvgIpc) is 2.74. The molecule has 0 aliphatic rings. The molecular weight excluding hydrogens is 368 g/mol. The van der Waals surface area contributed by atoms with Crippen molar-refractivity contribution in [3.05, 3.63) is 66.0 Å². The maximum absolute atomic E-state index is 12.4. The van der Waals surface area contributed by atoms with Gasteiger partial charge in [0.25, 0.3) is 5.91 Å². The molecule has 2 aromatic carbocycles. The predicted molar refractivity (Wildman–Crippen MR) is 113 cm³/mol. The Morgan fingerprint density at radius 2 is 1.66 bits per heavy atom. The van der Waals surface area contributed by atoms with Crippen molar-refractivity contribution in [2.45, 2.75) is 19.8 Å². The molecule has 150 valence electrons. The molecule has 0 aliphatic heterocycles. The lowest BCUT2D eigenvalue weighted by Gasteiger charge is -2.12. The fraction of sp³-hybridized carbons (Fsp3) is 0.227. The van der Waals surface area contributed by atoms with Gasteiger partial charge in [-0.15, -0.1) is 0 Å². The molecule has 0 spiro atoms. The zero-order valence-corrected chi connectivity index (χ0v) is 16.9. The number of aromatic nitrogens is 2. The molecule has 0 unspecified atom stereocenters. The first-order valence-electron chi connectivity index (χ1n) is 9.22. The van der Waals surface area contributed by atoms with E-state index in [0.717, 1.165) is 5.69 Å². The first-order chi connectivity index (χ1) is 14.0. The van der Waals surface area contributed by atoms with Gasteiger partial charge in [0.2, 0.25) is 5.95 Å². The van der Waals surface area contributed by atoms with Crippen LogP contribution >= 0.6 is 0 Å². The number of rotatable bonds is 7. The Bertz CT molecular complexity index is 970. The van der Waals surface area contributed by atoms with Gasteiger partial charge in [-0.05, 0) is 35.7 Å². The Balaban J connectivity index is 1.69. The van der Waals surface area contributed by atoms with E-state index in [1.807, 2.05) is 24.3 Å². The third-order valence-corrected chi connectivity index (χ3v) is 4.40. The minimum atomic E-state index is -0.271. The number of hydrogen-bond acceptors (Lipinski definition) is 6. The molecule has 7 heteroatoms. The summed E-state index contributed by atoms with van der Waals surface area (Å²) in [5, 5.41) is 5.92. The van der Waals surface area contributed by atoms with Crippen LogP contribution in [0.5, 0.6) is 11.5 Å². The van der Waals surface area contributed by atoms with Crippen LogP contribution in [0.25, 0.3) is 0 Å². The third-order valence-electron chi connectivity index (χ3n) is 4.40. The van der Waals surface area contributed by atoms with E-state index >= 15 is 0 Å². The van der Waals surface area contributed by atoms with E-state index in [9.17, 15) is 4.79 Å². The first-order valence-corrected chi connectivity index (χ1v) is 9.22. The van der Waals surface area contributed by atoms with E-state index in [0.29, 0.717) is 34.6 Å². The molecule has 0 fully saturated rings. The molecule has 0 radical (unpaired) electrons. The van der Waals surface area contributed by atoms with E-state index in [2.05, 4.69) is 34.4 Å². The van der Waals surface area contributed by atoms with Crippen molar-refractivity contribution in [1.29, 1.82) is 0 Å². The Kier molecular flexibility index (Phi) is 6.29. The monoisotopic (exact) mass is 392 g/mol. The highest BCUT2D eigenvalue weighted by Crippen LogP contribution is 2.30. The van der Waals surface area contributed by atoms with Gasteiger partial charge in [-0.1, -0.05) is 26.0 Å². The van der Waals surface area contributed by atoms with Gasteiger partial charge in [0.15, 0.2) is 0 Å². The van der Waals surface area contributed by atoms with Crippen LogP contribution in [0, 0.1) is 0 Å². The summed E-state index contributed by atoms with van der Waals surface area (Å²) in [6.45, 7) is 4.25. The molecule has 0 bridgehead atoms. The number of benzene rings is 2. The highest BCUT2D eigenvalue weighted by Gasteiger charge is 2.10. The van der Waals surface area contributed by atoms with Crippen LogP contribution in [0.3, 0.4) is 0 Å². The van der Waals surface area contributed by atoms with Crippen LogP contribution in [0.2, 0.25) is 0 Å². The summed E-state index contributed by atoms with van der Waals surface area (Å²) in [6, 6.07) is 13.2. The second-order valence-corrected chi connectivity index (χ2v) is 6.72. The van der Waals surface area contributed by atoms with Crippen molar-refractivity contribution in [3.63, 3.8) is 0 Å². The molecule has 0 saturated heterocycles. The SMILES string of the molecule is COc1ccc(OC)c(Nc2ncc(C(=O)Nc3ccc(C(C)C)cc3)cn2)c1. The summed E-state index contributed by atoms with van der Waals surface area (Å²) in [6.07, 6.45) is 2.94. The molecule has 7 nitrogen and oxygen atoms in total. The van der Waals surface area contributed by atoms with Gasteiger partial charge in [-0.25, -0.2) is 9.97 Å². The molecular formula is C22H24N4O3. The quantitative estimate of drug-likeness (QED) is 0.611. The van der Waals surface area contributed by atoms with Crippen molar-refractivity contribution >= 4 is 23.2 Å². The van der Waals surface area contributed by atoms with Crippen LogP contribution in [-0.4, -0.2) is 30.1 Å². The normalized spacial score (nSPS) is 10.5. The zero-order chi connectivity index (χ0) is 20.8. The van der Waals surface area contributed by atoms with E-state index < -0.39 is 0 Å². The number of nitrogens with one attached hydrogen (secondary N) is 2. The Labute approximate surface area is 170 Å². The van der Waals surface area contributed by atoms with E-state index in [4.69, 9.17) is 9.47 Å². The topological polar surface area (TPSA) is 85.4 Å². The van der Waals surface area contributed by atoms with Crippen LogP contribution in [0.15, 0.2) is 54.9 Å². The maximum Gasteiger partial charge on any atom is 0.258 e. The molecule has 0 aliphatic carbocycles. The van der Waals surface area contributed by atoms with Crippen LogP contribution in [-0.2, 0) is 0 Å². The third kappa shape index (κ3) is 5.01. The summed E-state index contributed by atoms with van der Waals surface area (Å²) < 4.78 is 10.6. The summed E-state index contributed by atoms with van der Waals surface area (Å²) >= 11 is 0. The molecule has 1 heterocycles. The van der Waals surface area contributed by atoms with E-state index in [1.54, 1.807) is 32.4 Å². The average molecular weight is 392 g/mol. The summed E-state index contributed by atoms with van der Waals surface area (Å²) in [4.78, 5) is 20.9. The van der Waals surface area contributed by atoms with Gasteiger partial charge in [-0.3, -0.25) is 4.79 Å². The minimum Gasteiger partial charge on any atom is -0.497 e. The van der Waals surface area contributed by atoms with Gasteiger partial charge < -0.3 is 20.1 Å². The fourth-order valence-electron chi connectivity index (χ4n) is 2.70. The van der Waals surface area contributed by atoms with E-state index in [-0.39, 0.29) is 5.91 Å². The molecule has 3 aromatic rings. The van der Waals surface area contributed by atoms with Crippen molar-refractivity contribution in [2.24, 2.45) is 0 Å². The summed E-state index contributed by atoms with van der Waals surface area (Å²) in [7, 11) is 3.17. The van der Waals surface area contributed by atoms with Gasteiger partial charge >= 0.3 is 0 Å². The maximum atomic E-state index is 12.4. The van der Waals surface area contributed by atoms with Crippen LogP contribution in [0.1, 0.15) is 35.7 Å². The van der Waals surface area contributed by atoms with Gasteiger partial charge in [-0.2, -0.15) is 0 Å². The number of methoxy groups -OCH3 is 2. The number of carbonyl (C=O) groups is 1. The molecule has 3 rings (SSSR count). The number of carbonyl (C=O) groups excluding carboxylic acids is 1. The molecule has 1 aromatic heterocycles. The Morgan fingerprint density at radius 3 is 2.24 bits per heavy atom. The van der Waals surface area contributed by atoms with Crippen LogP contribution in [0.4, 0.5) is 17.3 Å². The highest BCUT2D eigenvalue weighted by atomic mass is 16.5. The predicted octanol–water partition coefficient (Wildman–Crippen LogP) is 4.61. The van der Waals surface area contributed by atoms with Crippen molar-refractivity contribution in [3.8, 4) is 11.5 Å². The molecule has 0 saturated carbocycles. The van der Waals surface area contributed by atoms with Crippen molar-refractivity contribution in [2.75, 3.05) is 24.9 Å². The molecule has 29 heavy (non-hydrogen) atoms. The van der Waals surface area contributed by atoms with Crippen molar-refractivity contribution < 1.29 is 14.3 Å². The lowest BCUT2D eigenvalue weighted by Crippen LogP contribution is -2.13. The number of ether oxygens (including phenoxy) is 2. The molecule has 0 atom stereocenters. The second kappa shape index (κ2) is 9.05. The lowest BCUT2D eigenvalue weighted by molar-refractivity contribution is 0.102. The lowest BCUT2D eigenvalue weighted by atomic mass is 10.0. The Morgan fingerprint density at radius 1 is 0.966 bits per heavy atom. The second-order valence-electron chi connectivity index (χ2n) is 6.72. The van der Waals surface area contributed by atoms with Gasteiger partial charge in [0.05, 0.1) is 25.5 Å². The number of hydrogen-bond donors (Lipinski definition) is 2. The zero-order valence-electron chi connectivity index (χ0n) is 16.9. The van der Waals surface area contributed by atoms with Gasteiger partial charge in [0.1, 0.15) is 11.5 Å². The fourth-order valence-corrected chi connectivity index (χ4v) is 2.70. The number of amides is 1. The highest BCUT2D eigenvalue weighted by molar-refractivity contribution is 6.03. The minimum absolute atomic E-state index is 0.271. The number of nitrogens with zero attached hydrogens (tertiary/aromatic N) is 2. The Hall–Kier alpha value is -3.61. The first kappa shape index (κ1) is 20.1. The molecule has 1 amide bonds. The summed E-state index contributed by atoms with van der Waals surface area (Å²) in [5.74, 6) is 1.81. The largest absolute Gasteiger partial charge is 0.497 e. The smallest absolute Gasteiger partial charge is 0.258 e.